The summed E-state index contributed by atoms with van der Waals surface area (Å²) in [6.45, 7) is 3.50. The van der Waals surface area contributed by atoms with Crippen LogP contribution < -0.4 is 4.74 Å². The van der Waals surface area contributed by atoms with Crippen LogP contribution in [-0.2, 0) is 4.79 Å². The van der Waals surface area contributed by atoms with Crippen molar-refractivity contribution in [3.8, 4) is 5.75 Å². The van der Waals surface area contributed by atoms with Crippen molar-refractivity contribution in [3.63, 3.8) is 0 Å². The van der Waals surface area contributed by atoms with Gasteiger partial charge < -0.3 is 19.5 Å². The van der Waals surface area contributed by atoms with E-state index < -0.39 is 6.10 Å². The Morgan fingerprint density at radius 1 is 1.23 bits per heavy atom. The van der Waals surface area contributed by atoms with E-state index in [9.17, 15) is 4.79 Å². The van der Waals surface area contributed by atoms with Gasteiger partial charge in [0.1, 0.15) is 5.75 Å². The molecular formula is C17H25N3O2. The van der Waals surface area contributed by atoms with Gasteiger partial charge in [0.15, 0.2) is 6.10 Å². The van der Waals surface area contributed by atoms with Crippen LogP contribution in [0.4, 0.5) is 0 Å². The summed E-state index contributed by atoms with van der Waals surface area (Å²) in [7, 11) is 5.82. The third-order valence-electron chi connectivity index (χ3n) is 3.71. The minimum Gasteiger partial charge on any atom is -0.481 e. The Hall–Kier alpha value is -2.01. The summed E-state index contributed by atoms with van der Waals surface area (Å²) < 4.78 is 5.91. The summed E-state index contributed by atoms with van der Waals surface area (Å²) in [4.78, 5) is 19.4. The maximum atomic E-state index is 12.5. The number of aromatic nitrogens is 1. The summed E-state index contributed by atoms with van der Waals surface area (Å²) in [5, 5.41) is 1.13. The van der Waals surface area contributed by atoms with E-state index in [-0.39, 0.29) is 5.91 Å². The standard InChI is InChI=1S/C17H25N3O2/c1-5-16(17(21)20(4)11-10-19(2)3)22-14-7-6-13-8-9-18-15(13)12-14/h6-9,12,16,18H,5,10-11H2,1-4H3. The van der Waals surface area contributed by atoms with E-state index in [0.717, 1.165) is 23.2 Å². The molecule has 0 saturated carbocycles. The smallest absolute Gasteiger partial charge is 0.263 e. The van der Waals surface area contributed by atoms with Crippen molar-refractivity contribution in [1.82, 2.24) is 14.8 Å². The predicted molar refractivity (Wildman–Crippen MR) is 89.2 cm³/mol. The van der Waals surface area contributed by atoms with E-state index in [4.69, 9.17) is 4.74 Å². The van der Waals surface area contributed by atoms with Crippen molar-refractivity contribution in [1.29, 1.82) is 0 Å². The number of likely N-dealkylation sites (N-methyl/N-ethyl adjacent to an activating group) is 2. The topological polar surface area (TPSA) is 48.6 Å². The summed E-state index contributed by atoms with van der Waals surface area (Å²) in [5.41, 5.74) is 1.01. The lowest BCUT2D eigenvalue weighted by molar-refractivity contribution is -0.137. The molecule has 0 radical (unpaired) electrons. The average molecular weight is 303 g/mol. The molecule has 0 fully saturated rings. The van der Waals surface area contributed by atoms with Crippen molar-refractivity contribution < 1.29 is 9.53 Å². The molecule has 1 amide bonds. The van der Waals surface area contributed by atoms with Gasteiger partial charge >= 0.3 is 0 Å². The fraction of sp³-hybridized carbons (Fsp3) is 0.471. The summed E-state index contributed by atoms with van der Waals surface area (Å²) >= 11 is 0. The van der Waals surface area contributed by atoms with Crippen LogP contribution in [0.15, 0.2) is 30.5 Å². The second kappa shape index (κ2) is 7.31. The highest BCUT2D eigenvalue weighted by molar-refractivity contribution is 5.82. The Balaban J connectivity index is 2.02. The fourth-order valence-electron chi connectivity index (χ4n) is 2.28. The van der Waals surface area contributed by atoms with E-state index in [1.54, 1.807) is 4.90 Å². The van der Waals surface area contributed by atoms with Gasteiger partial charge in [-0.25, -0.2) is 0 Å². The third-order valence-corrected chi connectivity index (χ3v) is 3.71. The molecule has 0 bridgehead atoms. The van der Waals surface area contributed by atoms with E-state index >= 15 is 0 Å². The molecule has 120 valence electrons. The first-order valence-corrected chi connectivity index (χ1v) is 7.64. The number of nitrogens with zero attached hydrogens (tertiary/aromatic N) is 2. The predicted octanol–water partition coefficient (Wildman–Crippen LogP) is 2.35. The number of ether oxygens (including phenoxy) is 1. The van der Waals surface area contributed by atoms with E-state index in [2.05, 4.69) is 9.88 Å². The largest absolute Gasteiger partial charge is 0.481 e. The van der Waals surface area contributed by atoms with Gasteiger partial charge in [0.2, 0.25) is 0 Å². The Bertz CT molecular complexity index is 621. The van der Waals surface area contributed by atoms with Gasteiger partial charge in [0.05, 0.1) is 0 Å². The number of carbonyl (C=O) groups excluding carboxylic acids is 1. The van der Waals surface area contributed by atoms with Crippen molar-refractivity contribution in [2.45, 2.75) is 19.4 Å². The SMILES string of the molecule is CCC(Oc1ccc2cc[nH]c2c1)C(=O)N(C)CCN(C)C. The Kier molecular flexibility index (Phi) is 5.44. The number of aromatic amines is 1. The zero-order chi connectivity index (χ0) is 16.1. The van der Waals surface area contributed by atoms with Gasteiger partial charge in [-0.1, -0.05) is 6.92 Å². The molecule has 5 heteroatoms. The van der Waals surface area contributed by atoms with E-state index in [1.807, 2.05) is 58.5 Å². The minimum absolute atomic E-state index is 0.0240. The van der Waals surface area contributed by atoms with Crippen LogP contribution in [0.5, 0.6) is 5.75 Å². The number of nitrogens with one attached hydrogen (secondary N) is 1. The first kappa shape index (κ1) is 16.4. The molecule has 22 heavy (non-hydrogen) atoms. The molecule has 1 aromatic carbocycles. The second-order valence-corrected chi connectivity index (χ2v) is 5.80. The van der Waals surface area contributed by atoms with Crippen molar-refractivity contribution >= 4 is 16.8 Å². The molecule has 1 N–H and O–H groups in total. The number of benzene rings is 1. The summed E-state index contributed by atoms with van der Waals surface area (Å²) in [5.74, 6) is 0.743. The monoisotopic (exact) mass is 303 g/mol. The van der Waals surface area contributed by atoms with Crippen LogP contribution in [0.1, 0.15) is 13.3 Å². The number of carbonyl (C=O) groups is 1. The number of rotatable bonds is 7. The van der Waals surface area contributed by atoms with Crippen LogP contribution >= 0.6 is 0 Å². The van der Waals surface area contributed by atoms with Crippen LogP contribution in [0.3, 0.4) is 0 Å². The number of fused-ring (bicyclic) bond motifs is 1. The molecule has 0 spiro atoms. The van der Waals surface area contributed by atoms with Crippen molar-refractivity contribution in [2.75, 3.05) is 34.2 Å². The Labute approximate surface area is 131 Å². The van der Waals surface area contributed by atoms with Gasteiger partial charge in [-0.2, -0.15) is 0 Å². The molecule has 0 aliphatic heterocycles. The molecule has 5 nitrogen and oxygen atoms in total. The first-order valence-electron chi connectivity index (χ1n) is 7.64. The van der Waals surface area contributed by atoms with Crippen LogP contribution in [0.2, 0.25) is 0 Å². The number of H-pyrrole nitrogens is 1. The van der Waals surface area contributed by atoms with E-state index in [1.165, 1.54) is 0 Å². The Morgan fingerprint density at radius 2 is 2.00 bits per heavy atom. The maximum Gasteiger partial charge on any atom is 0.263 e. The molecule has 1 aromatic heterocycles. The molecule has 1 heterocycles. The number of hydrogen-bond donors (Lipinski definition) is 1. The molecule has 2 rings (SSSR count). The summed E-state index contributed by atoms with van der Waals surface area (Å²) in [6, 6.07) is 7.85. The zero-order valence-corrected chi connectivity index (χ0v) is 13.8. The molecule has 2 aromatic rings. The lowest BCUT2D eigenvalue weighted by Gasteiger charge is -2.25. The van der Waals surface area contributed by atoms with E-state index in [0.29, 0.717) is 13.0 Å². The molecule has 0 saturated heterocycles. The maximum absolute atomic E-state index is 12.5. The second-order valence-electron chi connectivity index (χ2n) is 5.80. The number of amides is 1. The summed E-state index contributed by atoms with van der Waals surface area (Å²) in [6.07, 6.45) is 2.10. The highest BCUT2D eigenvalue weighted by Crippen LogP contribution is 2.21. The average Bonchev–Trinajstić information content (AvgIpc) is 2.97. The van der Waals surface area contributed by atoms with Gasteiger partial charge in [-0.3, -0.25) is 4.79 Å². The molecule has 0 aliphatic carbocycles. The molecule has 1 unspecified atom stereocenters. The normalized spacial score (nSPS) is 12.6. The lowest BCUT2D eigenvalue weighted by atomic mass is 10.2. The highest BCUT2D eigenvalue weighted by Gasteiger charge is 2.22. The van der Waals surface area contributed by atoms with Crippen LogP contribution in [0.25, 0.3) is 10.9 Å². The third kappa shape index (κ3) is 4.01. The van der Waals surface area contributed by atoms with Gasteiger partial charge in [0, 0.05) is 37.9 Å². The fourth-order valence-corrected chi connectivity index (χ4v) is 2.28. The van der Waals surface area contributed by atoms with Gasteiger partial charge in [-0.05, 0) is 44.1 Å². The zero-order valence-electron chi connectivity index (χ0n) is 13.8. The minimum atomic E-state index is -0.445. The quantitative estimate of drug-likeness (QED) is 0.854. The van der Waals surface area contributed by atoms with Gasteiger partial charge in [0.25, 0.3) is 5.91 Å². The Morgan fingerprint density at radius 3 is 2.68 bits per heavy atom. The van der Waals surface area contributed by atoms with Crippen molar-refractivity contribution in [3.05, 3.63) is 30.5 Å². The molecule has 1 atom stereocenters. The molecular weight excluding hydrogens is 278 g/mol. The van der Waals surface area contributed by atoms with Gasteiger partial charge in [-0.15, -0.1) is 0 Å². The molecule has 0 aliphatic rings. The lowest BCUT2D eigenvalue weighted by Crippen LogP contribution is -2.42. The highest BCUT2D eigenvalue weighted by atomic mass is 16.5. The van der Waals surface area contributed by atoms with Crippen molar-refractivity contribution in [2.24, 2.45) is 0 Å². The van der Waals surface area contributed by atoms with Crippen LogP contribution in [-0.4, -0.2) is 61.0 Å². The first-order chi connectivity index (χ1) is 10.5. The van der Waals surface area contributed by atoms with Crippen LogP contribution in [0, 0.1) is 0 Å². The number of hydrogen-bond acceptors (Lipinski definition) is 3.